The molecule has 0 atom stereocenters. The van der Waals surface area contributed by atoms with Gasteiger partial charge in [0.25, 0.3) is 0 Å². The highest BCUT2D eigenvalue weighted by Crippen LogP contribution is 2.38. The van der Waals surface area contributed by atoms with Gasteiger partial charge in [0.1, 0.15) is 10.6 Å². The van der Waals surface area contributed by atoms with E-state index in [1.165, 1.54) is 11.3 Å². The molecule has 0 N–H and O–H groups in total. The van der Waals surface area contributed by atoms with Crippen molar-refractivity contribution in [2.75, 3.05) is 11.4 Å². The summed E-state index contributed by atoms with van der Waals surface area (Å²) in [6, 6.07) is 10.5. The molecule has 1 aliphatic rings. The number of anilines is 2. The van der Waals surface area contributed by atoms with Crippen molar-refractivity contribution in [3.63, 3.8) is 0 Å². The lowest BCUT2D eigenvalue weighted by molar-refractivity contribution is 0.976. The maximum Gasteiger partial charge on any atom is 0.225 e. The summed E-state index contributed by atoms with van der Waals surface area (Å²) in [5.74, 6) is 0.918. The summed E-state index contributed by atoms with van der Waals surface area (Å²) >= 11 is 7.64. The van der Waals surface area contributed by atoms with E-state index in [1.54, 1.807) is 11.3 Å². The van der Waals surface area contributed by atoms with Gasteiger partial charge in [-0.15, -0.1) is 11.3 Å². The van der Waals surface area contributed by atoms with E-state index in [1.807, 2.05) is 5.38 Å². The first kappa shape index (κ1) is 11.2. The third kappa shape index (κ3) is 1.71. The second kappa shape index (κ2) is 4.18. The first-order valence-corrected chi connectivity index (χ1v) is 7.35. The van der Waals surface area contributed by atoms with Crippen molar-refractivity contribution in [2.24, 2.45) is 0 Å². The van der Waals surface area contributed by atoms with Gasteiger partial charge in [-0.25, -0.2) is 4.98 Å². The fraction of sp³-hybridized carbons (Fsp3) is 0.143. The van der Waals surface area contributed by atoms with Crippen LogP contribution in [-0.2, 0) is 6.42 Å². The van der Waals surface area contributed by atoms with Gasteiger partial charge < -0.3 is 4.90 Å². The molecule has 0 fully saturated rings. The highest BCUT2D eigenvalue weighted by Gasteiger charge is 2.23. The highest BCUT2D eigenvalue weighted by atomic mass is 35.5. The molecular weight excluding hydrogens is 278 g/mol. The summed E-state index contributed by atoms with van der Waals surface area (Å²) < 4.78 is 0. The van der Waals surface area contributed by atoms with Gasteiger partial charge in [-0.3, -0.25) is 0 Å². The Morgan fingerprint density at radius 2 is 2.05 bits per heavy atom. The molecule has 1 aromatic carbocycles. The summed E-state index contributed by atoms with van der Waals surface area (Å²) in [5, 5.41) is 3.42. The van der Waals surface area contributed by atoms with Crippen molar-refractivity contribution >= 4 is 44.7 Å². The van der Waals surface area contributed by atoms with E-state index < -0.39 is 0 Å². The second-order valence-electron chi connectivity index (χ2n) is 4.49. The van der Waals surface area contributed by atoms with E-state index in [4.69, 9.17) is 11.6 Å². The van der Waals surface area contributed by atoms with Crippen molar-refractivity contribution in [2.45, 2.75) is 6.42 Å². The van der Waals surface area contributed by atoms with E-state index in [-0.39, 0.29) is 0 Å². The molecule has 94 valence electrons. The normalized spacial score (nSPS) is 14.1. The topological polar surface area (TPSA) is 29.0 Å². The number of nitrogens with zero attached hydrogens (tertiary/aromatic N) is 3. The molecule has 0 bridgehead atoms. The summed E-state index contributed by atoms with van der Waals surface area (Å²) in [5.41, 5.74) is 2.59. The Bertz CT molecular complexity index is 768. The first-order valence-electron chi connectivity index (χ1n) is 6.09. The van der Waals surface area contributed by atoms with Crippen LogP contribution in [0.3, 0.4) is 0 Å². The van der Waals surface area contributed by atoms with Gasteiger partial charge in [0.2, 0.25) is 5.28 Å². The molecule has 0 amide bonds. The van der Waals surface area contributed by atoms with Crippen LogP contribution in [-0.4, -0.2) is 16.5 Å². The van der Waals surface area contributed by atoms with Gasteiger partial charge in [0, 0.05) is 12.2 Å². The summed E-state index contributed by atoms with van der Waals surface area (Å²) in [6.45, 7) is 0.942. The minimum absolute atomic E-state index is 0.314. The van der Waals surface area contributed by atoms with Crippen molar-refractivity contribution in [1.29, 1.82) is 0 Å². The van der Waals surface area contributed by atoms with Gasteiger partial charge in [-0.05, 0) is 41.1 Å². The van der Waals surface area contributed by atoms with Crippen LogP contribution in [0.2, 0.25) is 5.28 Å². The number of aromatic nitrogens is 2. The van der Waals surface area contributed by atoms with E-state index in [9.17, 15) is 0 Å². The fourth-order valence-corrected chi connectivity index (χ4v) is 3.55. The monoisotopic (exact) mass is 287 g/mol. The van der Waals surface area contributed by atoms with Crippen molar-refractivity contribution in [3.05, 3.63) is 46.6 Å². The van der Waals surface area contributed by atoms with Crippen LogP contribution < -0.4 is 4.90 Å². The van der Waals surface area contributed by atoms with Crippen molar-refractivity contribution in [3.8, 4) is 0 Å². The Morgan fingerprint density at radius 3 is 3.00 bits per heavy atom. The largest absolute Gasteiger partial charge is 0.325 e. The van der Waals surface area contributed by atoms with Crippen LogP contribution in [0.15, 0.2) is 35.7 Å². The number of hydrogen-bond acceptors (Lipinski definition) is 4. The van der Waals surface area contributed by atoms with Crippen LogP contribution in [0.25, 0.3) is 10.2 Å². The molecule has 4 rings (SSSR count). The molecule has 3 heterocycles. The molecule has 0 saturated heterocycles. The summed E-state index contributed by atoms with van der Waals surface area (Å²) in [7, 11) is 0. The van der Waals surface area contributed by atoms with Crippen LogP contribution in [0.5, 0.6) is 0 Å². The van der Waals surface area contributed by atoms with Crippen LogP contribution >= 0.6 is 22.9 Å². The van der Waals surface area contributed by atoms with Gasteiger partial charge in [0.05, 0.1) is 5.39 Å². The van der Waals surface area contributed by atoms with E-state index in [2.05, 4.69) is 45.2 Å². The zero-order valence-electron chi connectivity index (χ0n) is 10.0. The Morgan fingerprint density at radius 1 is 1.16 bits per heavy atom. The van der Waals surface area contributed by atoms with E-state index in [0.717, 1.165) is 29.0 Å². The summed E-state index contributed by atoms with van der Waals surface area (Å²) in [6.07, 6.45) is 1.05. The number of benzene rings is 1. The maximum absolute atomic E-state index is 6.04. The van der Waals surface area contributed by atoms with Gasteiger partial charge >= 0.3 is 0 Å². The molecule has 0 saturated carbocycles. The molecule has 3 nitrogen and oxygen atoms in total. The number of para-hydroxylation sites is 1. The van der Waals surface area contributed by atoms with Gasteiger partial charge in [0.15, 0.2) is 0 Å². The molecular formula is C14H10ClN3S. The molecule has 19 heavy (non-hydrogen) atoms. The zero-order chi connectivity index (χ0) is 12.8. The van der Waals surface area contributed by atoms with Crippen LogP contribution in [0.4, 0.5) is 11.5 Å². The molecule has 0 radical (unpaired) electrons. The minimum Gasteiger partial charge on any atom is -0.325 e. The third-order valence-corrected chi connectivity index (χ3v) is 4.40. The van der Waals surface area contributed by atoms with Gasteiger partial charge in [-0.1, -0.05) is 18.2 Å². The lowest BCUT2D eigenvalue weighted by Crippen LogP contribution is -2.15. The number of fused-ring (bicyclic) bond motifs is 2. The van der Waals surface area contributed by atoms with Gasteiger partial charge in [-0.2, -0.15) is 4.98 Å². The summed E-state index contributed by atoms with van der Waals surface area (Å²) in [4.78, 5) is 11.9. The fourth-order valence-electron chi connectivity index (χ4n) is 2.58. The van der Waals surface area contributed by atoms with Crippen molar-refractivity contribution in [1.82, 2.24) is 9.97 Å². The number of thiophene rings is 1. The molecule has 0 unspecified atom stereocenters. The quantitative estimate of drug-likeness (QED) is 0.633. The Labute approximate surface area is 119 Å². The van der Waals surface area contributed by atoms with Crippen molar-refractivity contribution < 1.29 is 0 Å². The lowest BCUT2D eigenvalue weighted by atomic mass is 10.2. The lowest BCUT2D eigenvalue weighted by Gasteiger charge is -2.19. The van der Waals surface area contributed by atoms with Crippen LogP contribution in [0, 0.1) is 0 Å². The predicted molar refractivity (Wildman–Crippen MR) is 79.6 cm³/mol. The molecule has 0 aliphatic carbocycles. The number of hydrogen-bond donors (Lipinski definition) is 0. The molecule has 5 heteroatoms. The average Bonchev–Trinajstić information content (AvgIpc) is 3.03. The number of halogens is 1. The predicted octanol–water partition coefficient (Wildman–Crippen LogP) is 4.04. The second-order valence-corrected chi connectivity index (χ2v) is 5.72. The third-order valence-electron chi connectivity index (χ3n) is 3.42. The molecule has 3 aromatic rings. The Balaban J connectivity index is 1.94. The Kier molecular flexibility index (Phi) is 2.47. The standard InChI is InChI=1S/C14H10ClN3S/c15-14-16-12(10-6-8-19-13(10)17-14)18-7-5-9-3-1-2-4-11(9)18/h1-4,6,8H,5,7H2. The SMILES string of the molecule is Clc1nc(N2CCc3ccccc32)c2ccsc2n1. The number of rotatable bonds is 1. The van der Waals surface area contributed by atoms with E-state index >= 15 is 0 Å². The molecule has 0 spiro atoms. The maximum atomic E-state index is 6.04. The van der Waals surface area contributed by atoms with Crippen LogP contribution in [0.1, 0.15) is 5.56 Å². The molecule has 1 aliphatic heterocycles. The first-order chi connectivity index (χ1) is 9.33. The minimum atomic E-state index is 0.314. The zero-order valence-corrected chi connectivity index (χ0v) is 11.6. The van der Waals surface area contributed by atoms with E-state index in [0.29, 0.717) is 5.28 Å². The molecule has 2 aromatic heterocycles. The smallest absolute Gasteiger partial charge is 0.225 e. The Hall–Kier alpha value is -1.65. The average molecular weight is 288 g/mol. The highest BCUT2D eigenvalue weighted by molar-refractivity contribution is 7.16.